The molecule has 3 rings (SSSR count). The van der Waals surface area contributed by atoms with E-state index >= 15 is 0 Å². The second-order valence-corrected chi connectivity index (χ2v) is 7.47. The van der Waals surface area contributed by atoms with Gasteiger partial charge in [0.2, 0.25) is 5.91 Å². The number of rotatable bonds is 5. The molecule has 0 bridgehead atoms. The number of hydrogen-bond acceptors (Lipinski definition) is 3. The highest BCUT2D eigenvalue weighted by molar-refractivity contribution is 5.91. The highest BCUT2D eigenvalue weighted by atomic mass is 16.2. The molecular formula is C22H27N3O3. The van der Waals surface area contributed by atoms with Gasteiger partial charge in [-0.25, -0.2) is 4.79 Å². The van der Waals surface area contributed by atoms with Crippen molar-refractivity contribution in [1.82, 2.24) is 14.5 Å². The van der Waals surface area contributed by atoms with E-state index in [-0.39, 0.29) is 11.9 Å². The van der Waals surface area contributed by atoms with E-state index in [1.54, 1.807) is 7.05 Å². The van der Waals surface area contributed by atoms with Crippen molar-refractivity contribution in [2.24, 2.45) is 20.0 Å². The van der Waals surface area contributed by atoms with Crippen LogP contribution in [-0.4, -0.2) is 15.0 Å². The first kappa shape index (κ1) is 19.9. The summed E-state index contributed by atoms with van der Waals surface area (Å²) in [7, 11) is 3.00. The van der Waals surface area contributed by atoms with Crippen molar-refractivity contribution >= 4 is 12.0 Å². The number of aromatic nitrogens is 2. The lowest BCUT2D eigenvalue weighted by Crippen LogP contribution is -2.37. The van der Waals surface area contributed by atoms with E-state index in [2.05, 4.69) is 5.32 Å². The second-order valence-electron chi connectivity index (χ2n) is 7.47. The van der Waals surface area contributed by atoms with E-state index in [9.17, 15) is 14.4 Å². The van der Waals surface area contributed by atoms with Crippen LogP contribution in [0.5, 0.6) is 0 Å². The summed E-state index contributed by atoms with van der Waals surface area (Å²) in [6.45, 7) is 0. The molecule has 1 unspecified atom stereocenters. The third kappa shape index (κ3) is 4.50. The third-order valence-electron chi connectivity index (χ3n) is 5.46. The van der Waals surface area contributed by atoms with Crippen molar-refractivity contribution in [1.29, 1.82) is 0 Å². The maximum Gasteiger partial charge on any atom is 0.330 e. The van der Waals surface area contributed by atoms with E-state index in [0.29, 0.717) is 11.5 Å². The zero-order chi connectivity index (χ0) is 20.1. The van der Waals surface area contributed by atoms with Crippen molar-refractivity contribution in [2.45, 2.75) is 38.1 Å². The summed E-state index contributed by atoms with van der Waals surface area (Å²) < 4.78 is 2.36. The van der Waals surface area contributed by atoms with Gasteiger partial charge in [-0.1, -0.05) is 49.6 Å². The molecule has 0 radical (unpaired) electrons. The molecule has 28 heavy (non-hydrogen) atoms. The Bertz CT molecular complexity index is 967. The lowest BCUT2D eigenvalue weighted by atomic mass is 9.81. The number of nitrogens with one attached hydrogen (secondary N) is 1. The second kappa shape index (κ2) is 8.87. The van der Waals surface area contributed by atoms with Gasteiger partial charge in [-0.3, -0.25) is 14.2 Å². The van der Waals surface area contributed by atoms with E-state index in [1.807, 2.05) is 30.3 Å². The Balaban J connectivity index is 1.80. The number of nitrogens with zero attached hydrogens (tertiary/aromatic N) is 2. The van der Waals surface area contributed by atoms with Crippen LogP contribution in [0.4, 0.5) is 0 Å². The summed E-state index contributed by atoms with van der Waals surface area (Å²) in [6.07, 6.45) is 10.1. The molecule has 0 saturated heterocycles. The smallest absolute Gasteiger partial charge is 0.330 e. The van der Waals surface area contributed by atoms with Crippen LogP contribution in [0.2, 0.25) is 0 Å². The number of hydrogen-bond donors (Lipinski definition) is 1. The molecule has 2 aromatic rings. The largest absolute Gasteiger partial charge is 0.345 e. The van der Waals surface area contributed by atoms with Gasteiger partial charge in [0.05, 0.1) is 11.6 Å². The summed E-state index contributed by atoms with van der Waals surface area (Å²) in [6, 6.07) is 10.0. The fourth-order valence-corrected chi connectivity index (χ4v) is 3.92. The van der Waals surface area contributed by atoms with Crippen molar-refractivity contribution in [3.63, 3.8) is 0 Å². The standard InChI is InChI=1S/C22H27N3O3/c1-24-15-18(21(27)25(2)22(24)28)13-14-19(26)23-20(16-9-5-3-6-10-16)17-11-7-4-8-12-17/h3,5-6,9-10,13-15,17,20H,4,7-8,11-12H2,1-2H3,(H,23,26). The van der Waals surface area contributed by atoms with Gasteiger partial charge in [0.15, 0.2) is 0 Å². The number of carbonyl (C=O) groups is 1. The summed E-state index contributed by atoms with van der Waals surface area (Å²) in [5.74, 6) is 0.175. The first-order valence-electron chi connectivity index (χ1n) is 9.77. The number of aryl methyl sites for hydroxylation is 1. The number of amides is 1. The van der Waals surface area contributed by atoms with Crippen LogP contribution in [-0.2, 0) is 18.9 Å². The maximum atomic E-state index is 12.6. The van der Waals surface area contributed by atoms with Crippen LogP contribution in [0.3, 0.4) is 0 Å². The highest BCUT2D eigenvalue weighted by Crippen LogP contribution is 2.34. The molecule has 1 aliphatic rings. The van der Waals surface area contributed by atoms with Gasteiger partial charge in [0, 0.05) is 26.4 Å². The van der Waals surface area contributed by atoms with Gasteiger partial charge in [0.25, 0.3) is 5.56 Å². The van der Waals surface area contributed by atoms with Gasteiger partial charge in [0.1, 0.15) is 0 Å². The quantitative estimate of drug-likeness (QED) is 0.809. The van der Waals surface area contributed by atoms with Gasteiger partial charge in [-0.15, -0.1) is 0 Å². The zero-order valence-corrected chi connectivity index (χ0v) is 16.4. The Morgan fingerprint density at radius 3 is 2.46 bits per heavy atom. The lowest BCUT2D eigenvalue weighted by molar-refractivity contribution is -0.117. The number of carbonyl (C=O) groups excluding carboxylic acids is 1. The minimum absolute atomic E-state index is 0.0402. The molecule has 1 amide bonds. The summed E-state index contributed by atoms with van der Waals surface area (Å²) in [5.41, 5.74) is 0.593. The average molecular weight is 381 g/mol. The van der Waals surface area contributed by atoms with E-state index < -0.39 is 11.2 Å². The normalized spacial score (nSPS) is 16.2. The van der Waals surface area contributed by atoms with Crippen molar-refractivity contribution in [3.05, 3.63) is 74.6 Å². The fraction of sp³-hybridized carbons (Fsp3) is 0.409. The van der Waals surface area contributed by atoms with E-state index in [1.165, 1.54) is 49.2 Å². The Morgan fingerprint density at radius 2 is 1.79 bits per heavy atom. The maximum absolute atomic E-state index is 12.6. The predicted octanol–water partition coefficient (Wildman–Crippen LogP) is 2.54. The Kier molecular flexibility index (Phi) is 6.29. The molecule has 1 heterocycles. The molecule has 1 N–H and O–H groups in total. The van der Waals surface area contributed by atoms with Gasteiger partial charge in [-0.2, -0.15) is 0 Å². The van der Waals surface area contributed by atoms with Crippen LogP contribution in [0.1, 0.15) is 49.3 Å². The molecule has 6 nitrogen and oxygen atoms in total. The first-order chi connectivity index (χ1) is 13.5. The third-order valence-corrected chi connectivity index (χ3v) is 5.46. The molecule has 1 saturated carbocycles. The summed E-state index contributed by atoms with van der Waals surface area (Å²) in [4.78, 5) is 36.6. The molecule has 1 aromatic heterocycles. The molecule has 1 atom stereocenters. The fourth-order valence-electron chi connectivity index (χ4n) is 3.92. The van der Waals surface area contributed by atoms with Gasteiger partial charge in [-0.05, 0) is 30.4 Å². The van der Waals surface area contributed by atoms with Gasteiger partial charge < -0.3 is 9.88 Å². The van der Waals surface area contributed by atoms with Crippen LogP contribution >= 0.6 is 0 Å². The van der Waals surface area contributed by atoms with Crippen molar-refractivity contribution < 1.29 is 4.79 Å². The molecular weight excluding hydrogens is 354 g/mol. The minimum Gasteiger partial charge on any atom is -0.345 e. The summed E-state index contributed by atoms with van der Waals surface area (Å²) >= 11 is 0. The topological polar surface area (TPSA) is 73.1 Å². The molecule has 148 valence electrons. The molecule has 1 aromatic carbocycles. The Hall–Kier alpha value is -2.89. The summed E-state index contributed by atoms with van der Waals surface area (Å²) in [5, 5.41) is 3.13. The van der Waals surface area contributed by atoms with Crippen LogP contribution in [0.25, 0.3) is 6.08 Å². The Labute approximate surface area is 164 Å². The molecule has 1 fully saturated rings. The number of benzene rings is 1. The SMILES string of the molecule is Cn1cc(C=CC(=O)NC(c2ccccc2)C2CCCCC2)c(=O)n(C)c1=O. The molecule has 1 aliphatic carbocycles. The monoisotopic (exact) mass is 381 g/mol. The van der Waals surface area contributed by atoms with Crippen LogP contribution in [0.15, 0.2) is 52.2 Å². The van der Waals surface area contributed by atoms with Crippen molar-refractivity contribution in [2.75, 3.05) is 0 Å². The first-order valence-corrected chi connectivity index (χ1v) is 9.77. The van der Waals surface area contributed by atoms with Crippen LogP contribution in [0, 0.1) is 5.92 Å². The van der Waals surface area contributed by atoms with Gasteiger partial charge >= 0.3 is 5.69 Å². The Morgan fingerprint density at radius 1 is 1.11 bits per heavy atom. The van der Waals surface area contributed by atoms with Crippen LogP contribution < -0.4 is 16.6 Å². The molecule has 0 spiro atoms. The van der Waals surface area contributed by atoms with E-state index in [4.69, 9.17) is 0 Å². The molecule has 0 aliphatic heterocycles. The highest BCUT2D eigenvalue weighted by Gasteiger charge is 2.25. The average Bonchev–Trinajstić information content (AvgIpc) is 2.73. The molecule has 6 heteroatoms. The van der Waals surface area contributed by atoms with Crippen molar-refractivity contribution in [3.8, 4) is 0 Å². The minimum atomic E-state index is -0.418. The van der Waals surface area contributed by atoms with E-state index in [0.717, 1.165) is 23.0 Å². The lowest BCUT2D eigenvalue weighted by Gasteiger charge is -2.31. The zero-order valence-electron chi connectivity index (χ0n) is 16.4. The predicted molar refractivity (Wildman–Crippen MR) is 110 cm³/mol.